The number of hydrogen-bond donors (Lipinski definition) is 1. The molecule has 12 heteroatoms. The number of nitrogens with zero attached hydrogens (tertiary/aromatic N) is 1. The normalized spacial score (nSPS) is 14.3. The van der Waals surface area contributed by atoms with Crippen LogP contribution in [0.1, 0.15) is 48.7 Å². The largest absolute Gasteiger partial charge is 0.489 e. The van der Waals surface area contributed by atoms with Gasteiger partial charge in [0.15, 0.2) is 11.5 Å². The van der Waals surface area contributed by atoms with E-state index in [1.54, 1.807) is 30.3 Å². The third-order valence-corrected chi connectivity index (χ3v) is 6.69. The average molecular weight is 597 g/mol. The second-order valence-electron chi connectivity index (χ2n) is 9.18. The van der Waals surface area contributed by atoms with Gasteiger partial charge in [0.05, 0.1) is 6.61 Å². The fourth-order valence-corrected chi connectivity index (χ4v) is 4.52. The Bertz CT molecular complexity index is 1330. The molecular formula is C28H26Cl2F2NO7+. The van der Waals surface area contributed by atoms with Crippen LogP contribution in [0.5, 0.6) is 11.5 Å². The monoisotopic (exact) mass is 596 g/mol. The first kappa shape index (κ1) is 29.4. The molecule has 1 N–H and O–H groups in total. The minimum absolute atomic E-state index is 0.0452. The first-order valence-electron chi connectivity index (χ1n) is 12.3. The summed E-state index contributed by atoms with van der Waals surface area (Å²) < 4.78 is 48.4. The molecule has 2 atom stereocenters. The number of benzene rings is 2. The van der Waals surface area contributed by atoms with Crippen molar-refractivity contribution in [3.8, 4) is 11.5 Å². The summed E-state index contributed by atoms with van der Waals surface area (Å²) in [5.41, 5.74) is 1.07. The van der Waals surface area contributed by atoms with E-state index in [0.717, 1.165) is 12.8 Å². The molecule has 1 heterocycles. The molecule has 0 saturated heterocycles. The number of carbonyl (C=O) groups is 2. The highest BCUT2D eigenvalue weighted by Crippen LogP contribution is 2.38. The maximum atomic E-state index is 13.4. The van der Waals surface area contributed by atoms with Crippen molar-refractivity contribution >= 4 is 35.1 Å². The van der Waals surface area contributed by atoms with Crippen LogP contribution in [-0.4, -0.2) is 30.4 Å². The van der Waals surface area contributed by atoms with Crippen molar-refractivity contribution in [2.45, 2.75) is 45.0 Å². The molecule has 1 fully saturated rings. The lowest BCUT2D eigenvalue weighted by atomic mass is 10.0. The number of ether oxygens (including phenoxy) is 4. The van der Waals surface area contributed by atoms with Gasteiger partial charge >= 0.3 is 18.6 Å². The van der Waals surface area contributed by atoms with Gasteiger partial charge in [0.1, 0.15) is 16.1 Å². The zero-order chi connectivity index (χ0) is 28.8. The van der Waals surface area contributed by atoms with Gasteiger partial charge in [0.2, 0.25) is 18.5 Å². The highest BCUT2D eigenvalue weighted by Gasteiger charge is 2.31. The lowest BCUT2D eigenvalue weighted by Crippen LogP contribution is -2.29. The Morgan fingerprint density at radius 2 is 1.68 bits per heavy atom. The van der Waals surface area contributed by atoms with E-state index in [4.69, 9.17) is 37.4 Å². The van der Waals surface area contributed by atoms with Crippen molar-refractivity contribution in [1.29, 1.82) is 0 Å². The van der Waals surface area contributed by atoms with Gasteiger partial charge in [-0.1, -0.05) is 59.6 Å². The lowest BCUT2D eigenvalue weighted by molar-refractivity contribution is -0.904. The molecule has 1 saturated carbocycles. The molecule has 40 heavy (non-hydrogen) atoms. The van der Waals surface area contributed by atoms with E-state index < -0.39 is 30.8 Å². The van der Waals surface area contributed by atoms with E-state index in [9.17, 15) is 23.6 Å². The van der Waals surface area contributed by atoms with Gasteiger partial charge in [-0.25, -0.2) is 4.79 Å². The maximum absolute atomic E-state index is 13.4. The van der Waals surface area contributed by atoms with Crippen LogP contribution < -0.4 is 14.2 Å². The van der Waals surface area contributed by atoms with Crippen LogP contribution in [0.2, 0.25) is 10.0 Å². The Morgan fingerprint density at radius 3 is 2.27 bits per heavy atom. The summed E-state index contributed by atoms with van der Waals surface area (Å²) >= 11 is 12.7. The Kier molecular flexibility index (Phi) is 9.65. The van der Waals surface area contributed by atoms with Crippen molar-refractivity contribution in [3.05, 3.63) is 87.7 Å². The molecular weight excluding hydrogens is 571 g/mol. The molecule has 1 aliphatic rings. The second-order valence-corrected chi connectivity index (χ2v) is 10.00. The van der Waals surface area contributed by atoms with E-state index in [1.165, 1.54) is 37.5 Å². The standard InChI is InChI=1S/C28H26Cl2F2NO7/c1-16(34)38-26(18-5-3-2-4-6-18)27(35)39-24(12-20-21(29)13-33(36)14-22(20)30)19-9-10-23(40-28(31)32)25(11-19)37-15-17-7-8-17/h2-6,9-11,13-14,17,24,26,28,36H,7-8,12,15H2,1H3/q+1. The van der Waals surface area contributed by atoms with Gasteiger partial charge < -0.3 is 18.9 Å². The van der Waals surface area contributed by atoms with Crippen molar-refractivity contribution in [2.75, 3.05) is 6.61 Å². The predicted molar refractivity (Wildman–Crippen MR) is 139 cm³/mol. The molecule has 0 bridgehead atoms. The lowest BCUT2D eigenvalue weighted by Gasteiger charge is -2.24. The quantitative estimate of drug-likeness (QED) is 0.155. The van der Waals surface area contributed by atoms with Crippen LogP contribution >= 0.6 is 23.2 Å². The summed E-state index contributed by atoms with van der Waals surface area (Å²) in [4.78, 5) is 25.3. The summed E-state index contributed by atoms with van der Waals surface area (Å²) in [6.07, 6.45) is 1.80. The summed E-state index contributed by atoms with van der Waals surface area (Å²) in [6.45, 7) is -1.60. The molecule has 0 spiro atoms. The highest BCUT2D eigenvalue weighted by molar-refractivity contribution is 6.35. The van der Waals surface area contributed by atoms with Crippen molar-refractivity contribution < 1.29 is 47.3 Å². The van der Waals surface area contributed by atoms with Gasteiger partial charge in [-0.3, -0.25) is 10.0 Å². The van der Waals surface area contributed by atoms with Crippen LogP contribution in [-0.2, 0) is 25.5 Å². The molecule has 0 aliphatic heterocycles. The van der Waals surface area contributed by atoms with Crippen LogP contribution in [0.15, 0.2) is 60.9 Å². The van der Waals surface area contributed by atoms with Crippen LogP contribution in [0.3, 0.4) is 0 Å². The first-order chi connectivity index (χ1) is 19.1. The predicted octanol–water partition coefficient (Wildman–Crippen LogP) is 6.04. The molecule has 4 rings (SSSR count). The summed E-state index contributed by atoms with van der Waals surface area (Å²) in [6, 6.07) is 12.5. The van der Waals surface area contributed by atoms with Crippen molar-refractivity contribution in [1.82, 2.24) is 0 Å². The Balaban J connectivity index is 1.71. The van der Waals surface area contributed by atoms with Gasteiger partial charge in [-0.15, -0.1) is 0 Å². The molecule has 2 unspecified atom stereocenters. The molecule has 0 amide bonds. The molecule has 1 aromatic heterocycles. The molecule has 2 aromatic carbocycles. The Hall–Kier alpha value is -3.63. The van der Waals surface area contributed by atoms with Crippen LogP contribution in [0.4, 0.5) is 8.78 Å². The third-order valence-electron chi connectivity index (χ3n) is 6.04. The van der Waals surface area contributed by atoms with Gasteiger partial charge in [-0.2, -0.15) is 8.78 Å². The number of esters is 2. The van der Waals surface area contributed by atoms with E-state index >= 15 is 0 Å². The van der Waals surface area contributed by atoms with E-state index in [0.29, 0.717) is 33.9 Å². The Labute approximate surface area is 238 Å². The SMILES string of the molecule is CC(=O)OC(C(=O)OC(Cc1c(Cl)c[n+](O)cc1Cl)c1ccc(OC(F)F)c(OCC2CC2)c1)c1ccccc1. The van der Waals surface area contributed by atoms with Gasteiger partial charge in [0, 0.05) is 29.2 Å². The number of pyridine rings is 1. The summed E-state index contributed by atoms with van der Waals surface area (Å²) in [7, 11) is 0. The Morgan fingerprint density at radius 1 is 1.00 bits per heavy atom. The molecule has 1 aliphatic carbocycles. The zero-order valence-electron chi connectivity index (χ0n) is 21.3. The highest BCUT2D eigenvalue weighted by atomic mass is 35.5. The number of hydrogen-bond acceptors (Lipinski definition) is 7. The van der Waals surface area contributed by atoms with Crippen molar-refractivity contribution in [2.24, 2.45) is 5.92 Å². The second kappa shape index (κ2) is 13.1. The first-order valence-corrected chi connectivity index (χ1v) is 13.1. The number of halogens is 4. The van der Waals surface area contributed by atoms with Crippen LogP contribution in [0, 0.1) is 5.92 Å². The minimum atomic E-state index is -3.08. The zero-order valence-corrected chi connectivity index (χ0v) is 22.8. The fourth-order valence-electron chi connectivity index (χ4n) is 3.92. The topological polar surface area (TPSA) is 95.2 Å². The number of aromatic nitrogens is 1. The number of carbonyl (C=O) groups excluding carboxylic acids is 2. The number of rotatable bonds is 12. The van der Waals surface area contributed by atoms with E-state index in [-0.39, 0.29) is 28.0 Å². The van der Waals surface area contributed by atoms with Gasteiger partial charge in [-0.05, 0) is 36.5 Å². The van der Waals surface area contributed by atoms with Gasteiger partial charge in [0.25, 0.3) is 0 Å². The average Bonchev–Trinajstić information content (AvgIpc) is 3.72. The fraction of sp³-hybridized carbons (Fsp3) is 0.321. The molecule has 8 nitrogen and oxygen atoms in total. The van der Waals surface area contributed by atoms with Crippen LogP contribution in [0.25, 0.3) is 0 Å². The van der Waals surface area contributed by atoms with E-state index in [2.05, 4.69) is 4.74 Å². The third kappa shape index (κ3) is 7.95. The maximum Gasteiger partial charge on any atom is 0.387 e. The summed E-state index contributed by atoms with van der Waals surface area (Å²) in [5.74, 6) is -1.40. The summed E-state index contributed by atoms with van der Waals surface area (Å²) in [5, 5.41) is 9.93. The van der Waals surface area contributed by atoms with Crippen molar-refractivity contribution in [3.63, 3.8) is 0 Å². The molecule has 3 aromatic rings. The smallest absolute Gasteiger partial charge is 0.387 e. The minimum Gasteiger partial charge on any atom is -0.489 e. The molecule has 0 radical (unpaired) electrons. The number of alkyl halides is 2. The molecule has 212 valence electrons. The van der Waals surface area contributed by atoms with E-state index in [1.807, 2.05) is 0 Å².